The molecule has 2 aromatic carbocycles. The maximum absolute atomic E-state index is 12.0. The van der Waals surface area contributed by atoms with Crippen molar-refractivity contribution in [3.8, 4) is 11.5 Å². The van der Waals surface area contributed by atoms with Crippen molar-refractivity contribution in [1.29, 1.82) is 0 Å². The minimum absolute atomic E-state index is 0.0299. The normalized spacial score (nSPS) is 10.9. The second-order valence-electron chi connectivity index (χ2n) is 6.83. The van der Waals surface area contributed by atoms with E-state index in [1.54, 1.807) is 12.4 Å². The summed E-state index contributed by atoms with van der Waals surface area (Å²) in [5, 5.41) is 2.96. The minimum atomic E-state index is 0.0299. The lowest BCUT2D eigenvalue weighted by molar-refractivity contribution is -0.121. The molecular weight excluding hydrogens is 350 g/mol. The van der Waals surface area contributed by atoms with Gasteiger partial charge in [-0.1, -0.05) is 24.3 Å². The first-order valence-corrected chi connectivity index (χ1v) is 9.29. The van der Waals surface area contributed by atoms with Crippen LogP contribution in [0.2, 0.25) is 0 Å². The molecule has 0 bridgehead atoms. The Balaban J connectivity index is 1.34. The lowest BCUT2D eigenvalue weighted by Crippen LogP contribution is -2.22. The van der Waals surface area contributed by atoms with Gasteiger partial charge in [0.1, 0.15) is 5.52 Å². The second-order valence-corrected chi connectivity index (χ2v) is 6.83. The molecule has 0 aliphatic carbocycles. The summed E-state index contributed by atoms with van der Waals surface area (Å²) in [6.07, 6.45) is 4.66. The third kappa shape index (κ3) is 4.26. The van der Waals surface area contributed by atoms with Gasteiger partial charge in [-0.3, -0.25) is 9.78 Å². The average Bonchev–Trinajstić information content (AvgIpc) is 3.15. The summed E-state index contributed by atoms with van der Waals surface area (Å²) in [6, 6.07) is 17.7. The van der Waals surface area contributed by atoms with Gasteiger partial charge in [-0.25, -0.2) is 4.98 Å². The van der Waals surface area contributed by atoms with Crippen molar-refractivity contribution in [2.75, 3.05) is 0 Å². The van der Waals surface area contributed by atoms with Crippen LogP contribution in [0.15, 0.2) is 71.4 Å². The molecule has 0 saturated heterocycles. The van der Waals surface area contributed by atoms with Crippen molar-refractivity contribution in [1.82, 2.24) is 15.3 Å². The van der Waals surface area contributed by atoms with Gasteiger partial charge in [0.2, 0.25) is 11.8 Å². The SMILES string of the molecule is Cc1ccc2nc(-c3ccc(CNC(=O)CCc4cccnc4)cc3)oc2c1. The van der Waals surface area contributed by atoms with Crippen LogP contribution in [0, 0.1) is 6.92 Å². The van der Waals surface area contributed by atoms with Gasteiger partial charge in [0, 0.05) is 30.9 Å². The van der Waals surface area contributed by atoms with E-state index >= 15 is 0 Å². The number of pyridine rings is 1. The summed E-state index contributed by atoms with van der Waals surface area (Å²) in [5.74, 6) is 0.634. The molecule has 5 heteroatoms. The fourth-order valence-corrected chi connectivity index (χ4v) is 3.01. The van der Waals surface area contributed by atoms with Gasteiger partial charge < -0.3 is 9.73 Å². The van der Waals surface area contributed by atoms with E-state index in [4.69, 9.17) is 4.42 Å². The smallest absolute Gasteiger partial charge is 0.227 e. The fraction of sp³-hybridized carbons (Fsp3) is 0.174. The molecule has 0 saturated carbocycles. The number of fused-ring (bicyclic) bond motifs is 1. The number of hydrogen-bond donors (Lipinski definition) is 1. The van der Waals surface area contributed by atoms with E-state index in [0.717, 1.165) is 33.4 Å². The first kappa shape index (κ1) is 17.9. The quantitative estimate of drug-likeness (QED) is 0.544. The lowest BCUT2D eigenvalue weighted by atomic mass is 10.1. The van der Waals surface area contributed by atoms with Crippen LogP contribution in [0.5, 0.6) is 0 Å². The number of rotatable bonds is 6. The van der Waals surface area contributed by atoms with Crippen LogP contribution in [0.1, 0.15) is 23.1 Å². The average molecular weight is 371 g/mol. The highest BCUT2D eigenvalue weighted by atomic mass is 16.3. The maximum Gasteiger partial charge on any atom is 0.227 e. The van der Waals surface area contributed by atoms with Crippen molar-refractivity contribution in [3.63, 3.8) is 0 Å². The van der Waals surface area contributed by atoms with Gasteiger partial charge >= 0.3 is 0 Å². The highest BCUT2D eigenvalue weighted by Crippen LogP contribution is 2.25. The monoisotopic (exact) mass is 371 g/mol. The van der Waals surface area contributed by atoms with Gasteiger partial charge in [-0.05, 0) is 60.4 Å². The molecule has 4 rings (SSSR count). The first-order chi connectivity index (χ1) is 13.7. The van der Waals surface area contributed by atoms with Crippen LogP contribution < -0.4 is 5.32 Å². The Bertz CT molecular complexity index is 1090. The molecule has 5 nitrogen and oxygen atoms in total. The second kappa shape index (κ2) is 8.05. The third-order valence-electron chi connectivity index (χ3n) is 4.60. The molecule has 0 atom stereocenters. The summed E-state index contributed by atoms with van der Waals surface area (Å²) in [7, 11) is 0. The van der Waals surface area contributed by atoms with E-state index in [9.17, 15) is 4.79 Å². The summed E-state index contributed by atoms with van der Waals surface area (Å²) in [4.78, 5) is 20.7. The Labute approximate surface area is 163 Å². The number of aryl methyl sites for hydroxylation is 2. The summed E-state index contributed by atoms with van der Waals surface area (Å²) < 4.78 is 5.86. The predicted octanol–water partition coefficient (Wildman–Crippen LogP) is 4.45. The predicted molar refractivity (Wildman–Crippen MR) is 109 cm³/mol. The van der Waals surface area contributed by atoms with E-state index in [-0.39, 0.29) is 5.91 Å². The molecule has 0 radical (unpaired) electrons. The Morgan fingerprint density at radius 2 is 1.93 bits per heavy atom. The summed E-state index contributed by atoms with van der Waals surface area (Å²) in [5.41, 5.74) is 5.80. The van der Waals surface area contributed by atoms with Gasteiger partial charge in [0.15, 0.2) is 5.58 Å². The number of hydrogen-bond acceptors (Lipinski definition) is 4. The third-order valence-corrected chi connectivity index (χ3v) is 4.60. The molecule has 2 heterocycles. The van der Waals surface area contributed by atoms with Crippen molar-refractivity contribution < 1.29 is 9.21 Å². The standard InChI is InChI=1S/C23H21N3O2/c1-16-4-10-20-21(13-16)28-23(26-20)19-8-5-18(6-9-19)15-25-22(27)11-7-17-3-2-12-24-14-17/h2-6,8-10,12-14H,7,11,15H2,1H3,(H,25,27). The molecule has 1 N–H and O–H groups in total. The molecule has 0 aliphatic rings. The van der Waals surface area contributed by atoms with Crippen LogP contribution in [0.3, 0.4) is 0 Å². The topological polar surface area (TPSA) is 68.0 Å². The number of oxazole rings is 1. The minimum Gasteiger partial charge on any atom is -0.436 e. The summed E-state index contributed by atoms with van der Waals surface area (Å²) in [6.45, 7) is 2.53. The zero-order valence-corrected chi connectivity index (χ0v) is 15.7. The zero-order chi connectivity index (χ0) is 19.3. The Hall–Kier alpha value is -3.47. The number of benzene rings is 2. The van der Waals surface area contributed by atoms with E-state index in [2.05, 4.69) is 15.3 Å². The molecule has 1 amide bonds. The largest absolute Gasteiger partial charge is 0.436 e. The molecular formula is C23H21N3O2. The van der Waals surface area contributed by atoms with Crippen molar-refractivity contribution >= 4 is 17.0 Å². The number of carbonyl (C=O) groups is 1. The molecule has 0 spiro atoms. The van der Waals surface area contributed by atoms with Gasteiger partial charge in [-0.2, -0.15) is 0 Å². The molecule has 0 aliphatic heterocycles. The highest BCUT2D eigenvalue weighted by molar-refractivity contribution is 5.77. The first-order valence-electron chi connectivity index (χ1n) is 9.29. The van der Waals surface area contributed by atoms with E-state index in [0.29, 0.717) is 25.3 Å². The molecule has 4 aromatic rings. The van der Waals surface area contributed by atoms with Gasteiger partial charge in [0.25, 0.3) is 0 Å². The molecule has 28 heavy (non-hydrogen) atoms. The molecule has 2 aromatic heterocycles. The molecule has 140 valence electrons. The molecule has 0 fully saturated rings. The van der Waals surface area contributed by atoms with Crippen LogP contribution in [-0.2, 0) is 17.8 Å². The maximum atomic E-state index is 12.0. The summed E-state index contributed by atoms with van der Waals surface area (Å²) >= 11 is 0. The fourth-order valence-electron chi connectivity index (χ4n) is 3.01. The van der Waals surface area contributed by atoms with Gasteiger partial charge in [-0.15, -0.1) is 0 Å². The Morgan fingerprint density at radius 3 is 2.71 bits per heavy atom. The van der Waals surface area contributed by atoms with Crippen molar-refractivity contribution in [2.45, 2.75) is 26.3 Å². The van der Waals surface area contributed by atoms with Crippen LogP contribution >= 0.6 is 0 Å². The zero-order valence-electron chi connectivity index (χ0n) is 15.7. The highest BCUT2D eigenvalue weighted by Gasteiger charge is 2.09. The number of nitrogens with zero attached hydrogens (tertiary/aromatic N) is 2. The Kier molecular flexibility index (Phi) is 5.15. The van der Waals surface area contributed by atoms with Crippen LogP contribution in [-0.4, -0.2) is 15.9 Å². The Morgan fingerprint density at radius 1 is 1.07 bits per heavy atom. The number of nitrogens with one attached hydrogen (secondary N) is 1. The number of aromatic nitrogens is 2. The van der Waals surface area contributed by atoms with E-state index in [1.807, 2.05) is 61.5 Å². The van der Waals surface area contributed by atoms with Gasteiger partial charge in [0.05, 0.1) is 0 Å². The van der Waals surface area contributed by atoms with Crippen molar-refractivity contribution in [2.24, 2.45) is 0 Å². The van der Waals surface area contributed by atoms with E-state index in [1.165, 1.54) is 0 Å². The number of amides is 1. The van der Waals surface area contributed by atoms with E-state index < -0.39 is 0 Å². The van der Waals surface area contributed by atoms with Crippen molar-refractivity contribution in [3.05, 3.63) is 83.7 Å². The lowest BCUT2D eigenvalue weighted by Gasteiger charge is -2.06. The molecule has 0 unspecified atom stereocenters. The van der Waals surface area contributed by atoms with Crippen LogP contribution in [0.4, 0.5) is 0 Å². The number of carbonyl (C=O) groups excluding carboxylic acids is 1. The van der Waals surface area contributed by atoms with Crippen LogP contribution in [0.25, 0.3) is 22.6 Å².